The van der Waals surface area contributed by atoms with Crippen molar-refractivity contribution in [3.8, 4) is 11.3 Å². The number of aryl methyl sites for hydroxylation is 2. The van der Waals surface area contributed by atoms with Crippen molar-refractivity contribution in [2.24, 2.45) is 0 Å². The third-order valence-electron chi connectivity index (χ3n) is 3.55. The minimum Gasteiger partial charge on any atom is -0.478 e. The van der Waals surface area contributed by atoms with Crippen molar-refractivity contribution in [3.05, 3.63) is 58.0 Å². The molecule has 0 spiro atoms. The molecule has 27 heavy (non-hydrogen) atoms. The molecule has 0 amide bonds. The lowest BCUT2D eigenvalue weighted by Gasteiger charge is -2.04. The zero-order valence-electron chi connectivity index (χ0n) is 14.3. The van der Waals surface area contributed by atoms with E-state index in [2.05, 4.69) is 10.2 Å². The Morgan fingerprint density at radius 1 is 1.07 bits per heavy atom. The van der Waals surface area contributed by atoms with Gasteiger partial charge in [0.15, 0.2) is 0 Å². The van der Waals surface area contributed by atoms with Gasteiger partial charge in [-0.25, -0.2) is 9.59 Å². The van der Waals surface area contributed by atoms with E-state index in [-0.39, 0.29) is 15.7 Å². The Labute approximate surface area is 157 Å². The quantitative estimate of drug-likeness (QED) is 0.479. The predicted molar refractivity (Wildman–Crippen MR) is 96.3 cm³/mol. The molecule has 0 bridgehead atoms. The van der Waals surface area contributed by atoms with Gasteiger partial charge >= 0.3 is 11.9 Å². The van der Waals surface area contributed by atoms with Crippen molar-refractivity contribution in [2.75, 3.05) is 0 Å². The first-order valence-electron chi connectivity index (χ1n) is 7.70. The summed E-state index contributed by atoms with van der Waals surface area (Å²) in [5.41, 5.74) is 1.63. The van der Waals surface area contributed by atoms with Crippen molar-refractivity contribution < 1.29 is 28.6 Å². The molecule has 3 aromatic rings. The number of carbonyl (C=O) groups is 2. The van der Waals surface area contributed by atoms with Crippen LogP contribution in [0.4, 0.5) is 0 Å². The van der Waals surface area contributed by atoms with E-state index < -0.39 is 11.9 Å². The summed E-state index contributed by atoms with van der Waals surface area (Å²) in [6.07, 6.45) is 1.36. The van der Waals surface area contributed by atoms with E-state index in [1.807, 2.05) is 0 Å². The van der Waals surface area contributed by atoms with Crippen molar-refractivity contribution in [1.82, 2.24) is 10.2 Å². The Morgan fingerprint density at radius 3 is 2.44 bits per heavy atom. The maximum atomic E-state index is 11.5. The molecule has 1 aromatic carbocycles. The molecule has 0 aliphatic heterocycles. The summed E-state index contributed by atoms with van der Waals surface area (Å²) in [5, 5.41) is 26.0. The number of aromatic carboxylic acids is 1. The van der Waals surface area contributed by atoms with E-state index in [0.717, 1.165) is 22.9 Å². The normalized spacial score (nSPS) is 11.6. The van der Waals surface area contributed by atoms with Crippen LogP contribution >= 0.6 is 11.8 Å². The Morgan fingerprint density at radius 2 is 1.85 bits per heavy atom. The number of nitrogens with zero attached hydrogens (tertiary/aromatic N) is 2. The maximum Gasteiger partial charge on any atom is 0.342 e. The van der Waals surface area contributed by atoms with Crippen LogP contribution in [0, 0.1) is 13.8 Å². The lowest BCUT2D eigenvalue weighted by Crippen LogP contribution is -1.97. The number of aromatic nitrogens is 2. The van der Waals surface area contributed by atoms with Crippen LogP contribution in [0.15, 0.2) is 49.3 Å². The van der Waals surface area contributed by atoms with Crippen molar-refractivity contribution in [2.45, 2.75) is 19.1 Å². The average molecular weight is 386 g/mol. The van der Waals surface area contributed by atoms with E-state index in [9.17, 15) is 14.7 Å². The summed E-state index contributed by atoms with van der Waals surface area (Å²) in [7, 11) is 0. The van der Waals surface area contributed by atoms with Gasteiger partial charge in [0.1, 0.15) is 16.4 Å². The zero-order chi connectivity index (χ0) is 19.6. The first kappa shape index (κ1) is 18.5. The van der Waals surface area contributed by atoms with Gasteiger partial charge in [0.05, 0.1) is 5.56 Å². The SMILES string of the molecule is Cc1nnc(S/C(=C\c2ccc(-c3ccc(C(=O)O)cc3C)o2)C(=O)O)o1. The van der Waals surface area contributed by atoms with Crippen LogP contribution in [-0.2, 0) is 4.79 Å². The lowest BCUT2D eigenvalue weighted by atomic mass is 10.0. The van der Waals surface area contributed by atoms with Crippen LogP contribution < -0.4 is 0 Å². The molecule has 8 nitrogen and oxygen atoms in total. The molecule has 0 aliphatic rings. The highest BCUT2D eigenvalue weighted by molar-refractivity contribution is 8.03. The van der Waals surface area contributed by atoms with E-state index in [0.29, 0.717) is 17.4 Å². The van der Waals surface area contributed by atoms with E-state index in [4.69, 9.17) is 13.9 Å². The van der Waals surface area contributed by atoms with Gasteiger partial charge in [0.2, 0.25) is 5.89 Å². The average Bonchev–Trinajstić information content (AvgIpc) is 3.23. The molecule has 2 heterocycles. The standard InChI is InChI=1S/C18H14N2O6S/c1-9-7-11(16(21)22)3-5-13(9)14-6-4-12(26-14)8-15(17(23)24)27-18-20-19-10(2)25-18/h3-8H,1-2H3,(H,21,22)(H,23,24)/b15-8-. The first-order valence-corrected chi connectivity index (χ1v) is 8.52. The monoisotopic (exact) mass is 386 g/mol. The molecule has 2 N–H and O–H groups in total. The number of benzene rings is 1. The third kappa shape index (κ3) is 4.26. The van der Waals surface area contributed by atoms with Gasteiger partial charge < -0.3 is 19.0 Å². The summed E-state index contributed by atoms with van der Waals surface area (Å²) in [5.74, 6) is -1.00. The van der Waals surface area contributed by atoms with Gasteiger partial charge in [-0.2, -0.15) is 0 Å². The largest absolute Gasteiger partial charge is 0.478 e. The molecule has 0 saturated heterocycles. The molecule has 9 heteroatoms. The van der Waals surface area contributed by atoms with E-state index in [1.165, 1.54) is 12.1 Å². The van der Waals surface area contributed by atoms with Crippen LogP contribution in [0.3, 0.4) is 0 Å². The minimum atomic E-state index is -1.16. The van der Waals surface area contributed by atoms with Crippen LogP contribution in [0.1, 0.15) is 27.6 Å². The van der Waals surface area contributed by atoms with Crippen LogP contribution in [0.25, 0.3) is 17.4 Å². The smallest absolute Gasteiger partial charge is 0.342 e. The summed E-state index contributed by atoms with van der Waals surface area (Å²) in [6.45, 7) is 3.38. The summed E-state index contributed by atoms with van der Waals surface area (Å²) >= 11 is 0.822. The fraction of sp³-hybridized carbons (Fsp3) is 0.111. The zero-order valence-corrected chi connectivity index (χ0v) is 15.1. The Kier molecular flexibility index (Phi) is 5.13. The van der Waals surface area contributed by atoms with Gasteiger partial charge in [-0.05, 0) is 48.5 Å². The van der Waals surface area contributed by atoms with Gasteiger partial charge in [-0.1, -0.05) is 6.07 Å². The molecule has 3 rings (SSSR count). The number of furan rings is 1. The molecule has 0 fully saturated rings. The summed E-state index contributed by atoms with van der Waals surface area (Å²) < 4.78 is 10.9. The molecule has 0 unspecified atom stereocenters. The van der Waals surface area contributed by atoms with Crippen molar-refractivity contribution in [3.63, 3.8) is 0 Å². The van der Waals surface area contributed by atoms with Gasteiger partial charge in [-0.3, -0.25) is 0 Å². The lowest BCUT2D eigenvalue weighted by molar-refractivity contribution is -0.131. The van der Waals surface area contributed by atoms with Crippen LogP contribution in [0.2, 0.25) is 0 Å². The Balaban J connectivity index is 1.88. The van der Waals surface area contributed by atoms with Crippen LogP contribution in [-0.4, -0.2) is 32.3 Å². The second kappa shape index (κ2) is 7.50. The number of hydrogen-bond acceptors (Lipinski definition) is 7. The summed E-state index contributed by atoms with van der Waals surface area (Å²) in [6, 6.07) is 8.00. The maximum absolute atomic E-state index is 11.5. The number of thioether (sulfide) groups is 1. The number of aliphatic carboxylic acids is 1. The molecule has 138 valence electrons. The molecule has 0 aliphatic carbocycles. The van der Waals surface area contributed by atoms with Crippen molar-refractivity contribution in [1.29, 1.82) is 0 Å². The van der Waals surface area contributed by atoms with Gasteiger partial charge in [-0.15, -0.1) is 10.2 Å². The number of rotatable bonds is 6. The Bertz CT molecular complexity index is 1050. The van der Waals surface area contributed by atoms with E-state index in [1.54, 1.807) is 38.1 Å². The first-order chi connectivity index (χ1) is 12.8. The molecular formula is C18H14N2O6S. The summed E-state index contributed by atoms with van der Waals surface area (Å²) in [4.78, 5) is 22.5. The highest BCUT2D eigenvalue weighted by atomic mass is 32.2. The van der Waals surface area contributed by atoms with Crippen molar-refractivity contribution >= 4 is 29.8 Å². The van der Waals surface area contributed by atoms with Gasteiger partial charge in [0, 0.05) is 18.6 Å². The molecule has 2 aromatic heterocycles. The minimum absolute atomic E-state index is 0.0440. The fourth-order valence-corrected chi connectivity index (χ4v) is 3.02. The molecule has 0 saturated carbocycles. The number of carboxylic acids is 2. The number of hydrogen-bond donors (Lipinski definition) is 2. The highest BCUT2D eigenvalue weighted by Crippen LogP contribution is 2.30. The molecule has 0 atom stereocenters. The Hall–Kier alpha value is -3.33. The van der Waals surface area contributed by atoms with E-state index >= 15 is 0 Å². The second-order valence-electron chi connectivity index (χ2n) is 5.54. The predicted octanol–water partition coefficient (Wildman–Crippen LogP) is 3.86. The highest BCUT2D eigenvalue weighted by Gasteiger charge is 2.16. The fourth-order valence-electron chi connectivity index (χ4n) is 2.33. The second-order valence-corrected chi connectivity index (χ2v) is 6.53. The number of carboxylic acid groups (broad SMARTS) is 2. The molecular weight excluding hydrogens is 372 g/mol. The topological polar surface area (TPSA) is 127 Å². The molecule has 0 radical (unpaired) electrons. The van der Waals surface area contributed by atoms with Crippen LogP contribution in [0.5, 0.6) is 0 Å². The van der Waals surface area contributed by atoms with Gasteiger partial charge in [0.25, 0.3) is 5.22 Å². The third-order valence-corrected chi connectivity index (χ3v) is 4.41.